The summed E-state index contributed by atoms with van der Waals surface area (Å²) in [5.41, 5.74) is 4.63. The zero-order valence-electron chi connectivity index (χ0n) is 15.2. The van der Waals surface area contributed by atoms with Gasteiger partial charge in [-0.3, -0.25) is 14.8 Å². The van der Waals surface area contributed by atoms with Gasteiger partial charge in [0.25, 0.3) is 11.8 Å². The van der Waals surface area contributed by atoms with Crippen LogP contribution < -0.4 is 10.8 Å². The SMILES string of the molecule is CCc1ccc(C#Cc2ccc(C(=O)N[C@H](C(=O)NO)[C@@H](C)O)cc2)cc1. The lowest BCUT2D eigenvalue weighted by Gasteiger charge is -2.19. The number of aryl methyl sites for hydroxylation is 1. The molecular formula is C21H22N2O4. The molecular weight excluding hydrogens is 344 g/mol. The Balaban J connectivity index is 2.07. The summed E-state index contributed by atoms with van der Waals surface area (Å²) in [7, 11) is 0. The summed E-state index contributed by atoms with van der Waals surface area (Å²) < 4.78 is 0. The van der Waals surface area contributed by atoms with Gasteiger partial charge in [0.15, 0.2) is 0 Å². The van der Waals surface area contributed by atoms with Gasteiger partial charge in [-0.05, 0) is 55.3 Å². The highest BCUT2D eigenvalue weighted by Crippen LogP contribution is 2.07. The molecule has 0 aliphatic carbocycles. The molecule has 0 aliphatic heterocycles. The summed E-state index contributed by atoms with van der Waals surface area (Å²) in [5.74, 6) is 4.66. The fourth-order valence-electron chi connectivity index (χ4n) is 2.37. The number of amides is 2. The van der Waals surface area contributed by atoms with Gasteiger partial charge in [-0.1, -0.05) is 30.9 Å². The van der Waals surface area contributed by atoms with Crippen molar-refractivity contribution in [3.63, 3.8) is 0 Å². The minimum absolute atomic E-state index is 0.309. The fourth-order valence-corrected chi connectivity index (χ4v) is 2.37. The molecule has 0 heterocycles. The maximum absolute atomic E-state index is 12.2. The second-order valence-electron chi connectivity index (χ2n) is 6.05. The predicted molar refractivity (Wildman–Crippen MR) is 101 cm³/mol. The van der Waals surface area contributed by atoms with Crippen LogP contribution in [0.25, 0.3) is 0 Å². The number of benzene rings is 2. The molecule has 0 unspecified atom stereocenters. The van der Waals surface area contributed by atoms with Gasteiger partial charge in [-0.15, -0.1) is 0 Å². The van der Waals surface area contributed by atoms with Gasteiger partial charge < -0.3 is 10.4 Å². The fraction of sp³-hybridized carbons (Fsp3) is 0.238. The third kappa shape index (κ3) is 5.68. The van der Waals surface area contributed by atoms with Crippen molar-refractivity contribution in [2.24, 2.45) is 0 Å². The average Bonchev–Trinajstić information content (AvgIpc) is 2.70. The van der Waals surface area contributed by atoms with Crippen LogP contribution in [0.15, 0.2) is 48.5 Å². The zero-order valence-corrected chi connectivity index (χ0v) is 15.2. The molecule has 0 spiro atoms. The number of aliphatic hydroxyl groups is 1. The molecule has 0 radical (unpaired) electrons. The number of hydroxylamine groups is 1. The smallest absolute Gasteiger partial charge is 0.268 e. The summed E-state index contributed by atoms with van der Waals surface area (Å²) in [6.45, 7) is 3.43. The maximum atomic E-state index is 12.2. The summed E-state index contributed by atoms with van der Waals surface area (Å²) in [4.78, 5) is 23.7. The van der Waals surface area contributed by atoms with Crippen LogP contribution in [-0.4, -0.2) is 34.3 Å². The number of nitrogens with one attached hydrogen (secondary N) is 2. The highest BCUT2D eigenvalue weighted by atomic mass is 16.5. The predicted octanol–water partition coefficient (Wildman–Crippen LogP) is 1.63. The number of hydrogen-bond acceptors (Lipinski definition) is 4. The lowest BCUT2D eigenvalue weighted by Crippen LogP contribution is -2.51. The normalized spacial score (nSPS) is 12.3. The van der Waals surface area contributed by atoms with Crippen molar-refractivity contribution in [1.29, 1.82) is 0 Å². The molecule has 0 aromatic heterocycles. The molecule has 0 saturated heterocycles. The standard InChI is InChI=1S/C21H22N2O4/c1-3-15-4-6-16(7-5-15)8-9-17-10-12-18(13-11-17)20(25)22-19(14(2)24)21(26)23-27/h4-7,10-14,19,24,27H,3H2,1-2H3,(H,22,25)(H,23,26)/t14-,19+/m1/s1. The third-order valence-electron chi connectivity index (χ3n) is 4.02. The maximum Gasteiger partial charge on any atom is 0.268 e. The van der Waals surface area contributed by atoms with Crippen LogP contribution in [0.1, 0.15) is 40.9 Å². The Labute approximate surface area is 158 Å². The first-order chi connectivity index (χ1) is 12.9. The number of aliphatic hydroxyl groups excluding tert-OH is 1. The van der Waals surface area contributed by atoms with Crippen LogP contribution in [0.2, 0.25) is 0 Å². The Morgan fingerprint density at radius 1 is 1.00 bits per heavy atom. The minimum Gasteiger partial charge on any atom is -0.391 e. The van der Waals surface area contributed by atoms with Crippen molar-refractivity contribution in [1.82, 2.24) is 10.8 Å². The van der Waals surface area contributed by atoms with Gasteiger partial charge in [0.1, 0.15) is 6.04 Å². The van der Waals surface area contributed by atoms with Gasteiger partial charge in [-0.2, -0.15) is 0 Å². The molecule has 6 nitrogen and oxygen atoms in total. The van der Waals surface area contributed by atoms with Crippen molar-refractivity contribution in [2.45, 2.75) is 32.4 Å². The summed E-state index contributed by atoms with van der Waals surface area (Å²) >= 11 is 0. The highest BCUT2D eigenvalue weighted by Gasteiger charge is 2.25. The Morgan fingerprint density at radius 2 is 1.52 bits per heavy atom. The van der Waals surface area contributed by atoms with E-state index in [9.17, 15) is 14.7 Å². The first-order valence-electron chi connectivity index (χ1n) is 8.58. The van der Waals surface area contributed by atoms with Gasteiger partial charge in [0.05, 0.1) is 6.10 Å². The van der Waals surface area contributed by atoms with E-state index in [2.05, 4.69) is 24.1 Å². The number of carbonyl (C=O) groups excluding carboxylic acids is 2. The van der Waals surface area contributed by atoms with E-state index in [1.54, 1.807) is 24.3 Å². The van der Waals surface area contributed by atoms with Crippen LogP contribution in [-0.2, 0) is 11.2 Å². The van der Waals surface area contributed by atoms with Gasteiger partial charge in [-0.25, -0.2) is 5.48 Å². The Hall–Kier alpha value is -3.14. The zero-order chi connectivity index (χ0) is 19.8. The molecule has 0 bridgehead atoms. The first kappa shape index (κ1) is 20.2. The van der Waals surface area contributed by atoms with Gasteiger partial charge in [0, 0.05) is 16.7 Å². The lowest BCUT2D eigenvalue weighted by molar-refractivity contribution is -0.133. The quantitative estimate of drug-likeness (QED) is 0.367. The molecule has 2 atom stereocenters. The van der Waals surface area contributed by atoms with E-state index in [0.717, 1.165) is 17.5 Å². The monoisotopic (exact) mass is 366 g/mol. The first-order valence-corrected chi connectivity index (χ1v) is 8.58. The number of rotatable bonds is 5. The van der Waals surface area contributed by atoms with Crippen LogP contribution in [0.4, 0.5) is 0 Å². The molecule has 2 aromatic carbocycles. The molecule has 0 aliphatic rings. The topological polar surface area (TPSA) is 98.7 Å². The average molecular weight is 366 g/mol. The van der Waals surface area contributed by atoms with Crippen LogP contribution in [0.5, 0.6) is 0 Å². The number of carbonyl (C=O) groups is 2. The molecule has 0 fully saturated rings. The highest BCUT2D eigenvalue weighted by molar-refractivity contribution is 5.97. The van der Waals surface area contributed by atoms with Crippen LogP contribution in [0, 0.1) is 11.8 Å². The molecule has 4 N–H and O–H groups in total. The van der Waals surface area contributed by atoms with Crippen molar-refractivity contribution in [3.05, 3.63) is 70.8 Å². The van der Waals surface area contributed by atoms with Crippen molar-refractivity contribution in [3.8, 4) is 11.8 Å². The van der Waals surface area contributed by atoms with Crippen molar-refractivity contribution < 1.29 is 19.9 Å². The number of hydrogen-bond donors (Lipinski definition) is 4. The molecule has 27 heavy (non-hydrogen) atoms. The van der Waals surface area contributed by atoms with Gasteiger partial charge in [0.2, 0.25) is 0 Å². The van der Waals surface area contributed by atoms with E-state index in [-0.39, 0.29) is 0 Å². The largest absolute Gasteiger partial charge is 0.391 e. The third-order valence-corrected chi connectivity index (χ3v) is 4.02. The molecule has 2 rings (SSSR count). The molecule has 140 valence electrons. The van der Waals surface area contributed by atoms with Crippen LogP contribution >= 0.6 is 0 Å². The van der Waals surface area contributed by atoms with E-state index in [0.29, 0.717) is 5.56 Å². The van der Waals surface area contributed by atoms with Crippen molar-refractivity contribution >= 4 is 11.8 Å². The van der Waals surface area contributed by atoms with Crippen molar-refractivity contribution in [2.75, 3.05) is 0 Å². The molecule has 0 saturated carbocycles. The van der Waals surface area contributed by atoms with E-state index < -0.39 is 24.0 Å². The summed E-state index contributed by atoms with van der Waals surface area (Å²) in [6.07, 6.45) is -0.182. The summed E-state index contributed by atoms with van der Waals surface area (Å²) in [6, 6.07) is 13.3. The minimum atomic E-state index is -1.26. The van der Waals surface area contributed by atoms with Crippen LogP contribution in [0.3, 0.4) is 0 Å². The second kappa shape index (κ2) is 9.53. The second-order valence-corrected chi connectivity index (χ2v) is 6.05. The van der Waals surface area contributed by atoms with E-state index in [1.807, 2.05) is 24.3 Å². The molecule has 6 heteroatoms. The Morgan fingerprint density at radius 3 is 1.96 bits per heavy atom. The van der Waals surface area contributed by atoms with Gasteiger partial charge >= 0.3 is 0 Å². The summed E-state index contributed by atoms with van der Waals surface area (Å²) in [5, 5.41) is 20.6. The lowest BCUT2D eigenvalue weighted by atomic mass is 10.1. The van der Waals surface area contributed by atoms with E-state index >= 15 is 0 Å². The Bertz CT molecular complexity index is 846. The molecule has 2 amide bonds. The van der Waals surface area contributed by atoms with E-state index in [4.69, 9.17) is 5.21 Å². The molecule has 2 aromatic rings. The Kier molecular flexibility index (Phi) is 7.12. The van der Waals surface area contributed by atoms with E-state index in [1.165, 1.54) is 18.0 Å².